The van der Waals surface area contributed by atoms with Gasteiger partial charge in [-0.3, -0.25) is 4.90 Å². The van der Waals surface area contributed by atoms with Crippen LogP contribution in [0.4, 0.5) is 0 Å². The molecule has 0 amide bonds. The number of rotatable bonds is 10. The second-order valence-electron chi connectivity index (χ2n) is 6.92. The van der Waals surface area contributed by atoms with E-state index in [4.69, 9.17) is 9.47 Å². The molecular formula is C17H34N2O2. The molecular weight excluding hydrogens is 264 g/mol. The Morgan fingerprint density at radius 2 is 2.00 bits per heavy atom. The third-order valence-corrected chi connectivity index (χ3v) is 5.15. The molecule has 2 unspecified atom stereocenters. The lowest BCUT2D eigenvalue weighted by molar-refractivity contribution is 0.0563. The highest BCUT2D eigenvalue weighted by atomic mass is 16.5. The maximum absolute atomic E-state index is 5.55. The van der Waals surface area contributed by atoms with E-state index in [9.17, 15) is 0 Å². The van der Waals surface area contributed by atoms with Gasteiger partial charge < -0.3 is 14.8 Å². The van der Waals surface area contributed by atoms with Crippen LogP contribution in [-0.2, 0) is 9.47 Å². The molecule has 0 radical (unpaired) electrons. The van der Waals surface area contributed by atoms with E-state index in [1.807, 2.05) is 0 Å². The van der Waals surface area contributed by atoms with Gasteiger partial charge in [-0.15, -0.1) is 0 Å². The Labute approximate surface area is 130 Å². The Morgan fingerprint density at radius 3 is 2.67 bits per heavy atom. The number of unbranched alkanes of at least 4 members (excludes halogenated alkanes) is 1. The Hall–Kier alpha value is -0.160. The fraction of sp³-hybridized carbons (Fsp3) is 1.00. The highest BCUT2D eigenvalue weighted by Gasteiger charge is 2.45. The summed E-state index contributed by atoms with van der Waals surface area (Å²) >= 11 is 0. The predicted molar refractivity (Wildman–Crippen MR) is 86.7 cm³/mol. The van der Waals surface area contributed by atoms with Crippen LogP contribution in [0.2, 0.25) is 0 Å². The molecule has 1 N–H and O–H groups in total. The summed E-state index contributed by atoms with van der Waals surface area (Å²) in [6.07, 6.45) is 6.48. The quantitative estimate of drug-likeness (QED) is 0.627. The van der Waals surface area contributed by atoms with Gasteiger partial charge in [0, 0.05) is 38.4 Å². The van der Waals surface area contributed by atoms with E-state index in [2.05, 4.69) is 24.1 Å². The maximum atomic E-state index is 5.55. The smallest absolute Gasteiger partial charge is 0.0700 e. The van der Waals surface area contributed by atoms with E-state index in [0.717, 1.165) is 32.1 Å². The van der Waals surface area contributed by atoms with E-state index >= 15 is 0 Å². The van der Waals surface area contributed by atoms with E-state index in [1.54, 1.807) is 7.11 Å². The second kappa shape index (κ2) is 8.47. The number of nitrogens with zero attached hydrogens (tertiary/aromatic N) is 1. The average molecular weight is 298 g/mol. The van der Waals surface area contributed by atoms with Crippen molar-refractivity contribution in [2.45, 2.75) is 57.5 Å². The van der Waals surface area contributed by atoms with Crippen LogP contribution < -0.4 is 5.32 Å². The van der Waals surface area contributed by atoms with Crippen LogP contribution in [0.15, 0.2) is 0 Å². The zero-order valence-electron chi connectivity index (χ0n) is 14.2. The first-order valence-electron chi connectivity index (χ1n) is 8.75. The van der Waals surface area contributed by atoms with Gasteiger partial charge in [-0.05, 0) is 51.5 Å². The minimum atomic E-state index is 0.362. The molecule has 0 aromatic carbocycles. The van der Waals surface area contributed by atoms with E-state index < -0.39 is 0 Å². The molecule has 21 heavy (non-hydrogen) atoms. The fourth-order valence-corrected chi connectivity index (χ4v) is 3.51. The van der Waals surface area contributed by atoms with Gasteiger partial charge in [0.15, 0.2) is 0 Å². The first-order chi connectivity index (χ1) is 10.2. The van der Waals surface area contributed by atoms with Crippen LogP contribution in [0.25, 0.3) is 0 Å². The van der Waals surface area contributed by atoms with E-state index in [-0.39, 0.29) is 0 Å². The van der Waals surface area contributed by atoms with Gasteiger partial charge in [0.25, 0.3) is 0 Å². The van der Waals surface area contributed by atoms with Crippen molar-refractivity contribution in [2.24, 2.45) is 5.92 Å². The topological polar surface area (TPSA) is 33.7 Å². The number of methoxy groups -OCH3 is 1. The molecule has 4 heteroatoms. The van der Waals surface area contributed by atoms with Crippen molar-refractivity contribution in [2.75, 3.05) is 46.6 Å². The summed E-state index contributed by atoms with van der Waals surface area (Å²) in [7, 11) is 1.72. The number of hydrogen-bond acceptors (Lipinski definition) is 4. The van der Waals surface area contributed by atoms with Crippen LogP contribution in [-0.4, -0.2) is 63.0 Å². The molecule has 0 spiro atoms. The van der Waals surface area contributed by atoms with Gasteiger partial charge in [-0.25, -0.2) is 0 Å². The first-order valence-corrected chi connectivity index (χ1v) is 8.75. The summed E-state index contributed by atoms with van der Waals surface area (Å²) in [5, 5.41) is 3.83. The fourth-order valence-electron chi connectivity index (χ4n) is 3.51. The third-order valence-electron chi connectivity index (χ3n) is 5.15. The highest BCUT2D eigenvalue weighted by Crippen LogP contribution is 2.41. The number of nitrogens with one attached hydrogen (secondary N) is 1. The van der Waals surface area contributed by atoms with Crippen molar-refractivity contribution < 1.29 is 9.47 Å². The Bertz CT molecular complexity index is 297. The van der Waals surface area contributed by atoms with E-state index in [1.165, 1.54) is 38.8 Å². The van der Waals surface area contributed by atoms with Crippen molar-refractivity contribution >= 4 is 0 Å². The Balaban J connectivity index is 1.66. The van der Waals surface area contributed by atoms with Gasteiger partial charge in [0.2, 0.25) is 0 Å². The number of piperazine rings is 1. The standard InChI is InChI=1S/C17H34N2O2/c1-4-16-13-18-17(2,15-7-8-15)14-19(16)9-5-6-10-21-12-11-20-3/h15-16,18H,4-14H2,1-3H3. The number of ether oxygens (including phenoxy) is 2. The Morgan fingerprint density at radius 1 is 1.19 bits per heavy atom. The lowest BCUT2D eigenvalue weighted by Crippen LogP contribution is -2.63. The molecule has 1 saturated carbocycles. The summed E-state index contributed by atoms with van der Waals surface area (Å²) in [6, 6.07) is 0.714. The van der Waals surface area contributed by atoms with Crippen molar-refractivity contribution in [3.63, 3.8) is 0 Å². The SMILES string of the molecule is CCC1CNC(C)(C2CC2)CN1CCCCOCCOC. The molecule has 1 aliphatic carbocycles. The molecule has 1 aliphatic heterocycles. The molecule has 4 nitrogen and oxygen atoms in total. The summed E-state index contributed by atoms with van der Waals surface area (Å²) in [4.78, 5) is 2.73. The first kappa shape index (κ1) is 17.2. The molecule has 2 rings (SSSR count). The van der Waals surface area contributed by atoms with Crippen molar-refractivity contribution in [1.82, 2.24) is 10.2 Å². The average Bonchev–Trinajstić information content (AvgIpc) is 3.32. The molecule has 124 valence electrons. The molecule has 1 saturated heterocycles. The molecule has 2 aliphatic rings. The largest absolute Gasteiger partial charge is 0.382 e. The van der Waals surface area contributed by atoms with Crippen molar-refractivity contribution in [1.29, 1.82) is 0 Å². The lowest BCUT2D eigenvalue weighted by atomic mass is 9.90. The van der Waals surface area contributed by atoms with Gasteiger partial charge >= 0.3 is 0 Å². The van der Waals surface area contributed by atoms with Gasteiger partial charge in [0.1, 0.15) is 0 Å². The maximum Gasteiger partial charge on any atom is 0.0700 e. The zero-order chi connectivity index (χ0) is 15.1. The molecule has 0 aromatic rings. The Kier molecular flexibility index (Phi) is 6.93. The zero-order valence-corrected chi connectivity index (χ0v) is 14.2. The monoisotopic (exact) mass is 298 g/mol. The highest BCUT2D eigenvalue weighted by molar-refractivity contribution is 5.03. The predicted octanol–water partition coefficient (Wildman–Crippen LogP) is 2.28. The normalized spacial score (nSPS) is 30.7. The molecule has 2 fully saturated rings. The van der Waals surface area contributed by atoms with Crippen LogP contribution in [0.1, 0.15) is 46.0 Å². The van der Waals surface area contributed by atoms with Gasteiger partial charge in [-0.2, -0.15) is 0 Å². The summed E-state index contributed by atoms with van der Waals surface area (Å²) in [5.41, 5.74) is 0.362. The molecule has 1 heterocycles. The lowest BCUT2D eigenvalue weighted by Gasteiger charge is -2.46. The van der Waals surface area contributed by atoms with Crippen LogP contribution >= 0.6 is 0 Å². The van der Waals surface area contributed by atoms with Gasteiger partial charge in [-0.1, -0.05) is 6.92 Å². The molecule has 2 atom stereocenters. The summed E-state index contributed by atoms with van der Waals surface area (Å²) < 4.78 is 10.5. The summed E-state index contributed by atoms with van der Waals surface area (Å²) in [6.45, 7) is 10.6. The number of hydrogen-bond donors (Lipinski definition) is 1. The summed E-state index contributed by atoms with van der Waals surface area (Å²) in [5.74, 6) is 0.912. The minimum Gasteiger partial charge on any atom is -0.382 e. The van der Waals surface area contributed by atoms with E-state index in [0.29, 0.717) is 18.2 Å². The molecule has 0 aromatic heterocycles. The van der Waals surface area contributed by atoms with Crippen LogP contribution in [0.3, 0.4) is 0 Å². The van der Waals surface area contributed by atoms with Crippen molar-refractivity contribution in [3.8, 4) is 0 Å². The van der Waals surface area contributed by atoms with Crippen molar-refractivity contribution in [3.05, 3.63) is 0 Å². The minimum absolute atomic E-state index is 0.362. The second-order valence-corrected chi connectivity index (χ2v) is 6.92. The van der Waals surface area contributed by atoms with Crippen LogP contribution in [0.5, 0.6) is 0 Å². The van der Waals surface area contributed by atoms with Crippen LogP contribution in [0, 0.1) is 5.92 Å². The van der Waals surface area contributed by atoms with Gasteiger partial charge in [0.05, 0.1) is 13.2 Å². The third kappa shape index (κ3) is 5.20. The molecule has 0 bridgehead atoms.